The maximum atomic E-state index is 11.0. The number of ether oxygens (including phenoxy) is 2. The van der Waals surface area contributed by atoms with Gasteiger partial charge in [-0.2, -0.15) is 0 Å². The summed E-state index contributed by atoms with van der Waals surface area (Å²) in [7, 11) is 0. The topological polar surface area (TPSA) is 82.5 Å². The van der Waals surface area contributed by atoms with Gasteiger partial charge in [0.15, 0.2) is 0 Å². The maximum Gasteiger partial charge on any atom is 0.407 e. The summed E-state index contributed by atoms with van der Waals surface area (Å²) >= 11 is 0. The van der Waals surface area contributed by atoms with E-state index in [0.717, 1.165) is 11.3 Å². The molecule has 0 aromatic heterocycles. The normalized spacial score (nSPS) is 16.2. The van der Waals surface area contributed by atoms with Crippen molar-refractivity contribution in [3.05, 3.63) is 60.2 Å². The summed E-state index contributed by atoms with van der Waals surface area (Å²) in [5, 5.41) is 19.6. The standard InChI is InChI=1S/C23H30N2O5/c1-23(28,11-16-29-17-19-5-3-2-4-6-19)18-30-21-9-7-20(8-10-21)24-12-14-25(15-13-24)22(26)27/h2-10,28H,11-18H2,1H3,(H,26,27). The van der Waals surface area contributed by atoms with E-state index in [4.69, 9.17) is 14.6 Å². The van der Waals surface area contributed by atoms with Crippen molar-refractivity contribution in [2.75, 3.05) is 44.3 Å². The minimum Gasteiger partial charge on any atom is -0.491 e. The Labute approximate surface area is 177 Å². The van der Waals surface area contributed by atoms with Gasteiger partial charge in [-0.1, -0.05) is 30.3 Å². The van der Waals surface area contributed by atoms with Crippen molar-refractivity contribution in [3.8, 4) is 5.75 Å². The molecule has 0 radical (unpaired) electrons. The molecule has 7 heteroatoms. The van der Waals surface area contributed by atoms with Crippen molar-refractivity contribution in [2.24, 2.45) is 0 Å². The van der Waals surface area contributed by atoms with Crippen LogP contribution in [0.3, 0.4) is 0 Å². The Kier molecular flexibility index (Phi) is 7.54. The van der Waals surface area contributed by atoms with Gasteiger partial charge in [-0.15, -0.1) is 0 Å². The van der Waals surface area contributed by atoms with E-state index in [0.29, 0.717) is 51.6 Å². The van der Waals surface area contributed by atoms with Crippen LogP contribution in [0.5, 0.6) is 5.75 Å². The average molecular weight is 415 g/mol. The van der Waals surface area contributed by atoms with Gasteiger partial charge in [0.1, 0.15) is 12.4 Å². The smallest absolute Gasteiger partial charge is 0.407 e. The molecule has 1 saturated heterocycles. The van der Waals surface area contributed by atoms with E-state index >= 15 is 0 Å². The molecule has 0 aliphatic carbocycles. The van der Waals surface area contributed by atoms with Crippen LogP contribution in [0.25, 0.3) is 0 Å². The second kappa shape index (κ2) is 10.3. The second-order valence-electron chi connectivity index (χ2n) is 7.82. The zero-order chi connectivity index (χ0) is 21.4. The molecule has 1 amide bonds. The van der Waals surface area contributed by atoms with Gasteiger partial charge >= 0.3 is 6.09 Å². The molecular formula is C23H30N2O5. The summed E-state index contributed by atoms with van der Waals surface area (Å²) in [6.45, 7) is 5.25. The number of piperazine rings is 1. The Balaban J connectivity index is 1.39. The van der Waals surface area contributed by atoms with Crippen LogP contribution in [-0.4, -0.2) is 66.2 Å². The Morgan fingerprint density at radius 1 is 1.03 bits per heavy atom. The highest BCUT2D eigenvalue weighted by Crippen LogP contribution is 2.22. The van der Waals surface area contributed by atoms with Crippen molar-refractivity contribution in [3.63, 3.8) is 0 Å². The lowest BCUT2D eigenvalue weighted by atomic mass is 10.0. The van der Waals surface area contributed by atoms with E-state index in [1.807, 2.05) is 54.6 Å². The summed E-state index contributed by atoms with van der Waals surface area (Å²) in [6.07, 6.45) is -0.387. The molecule has 0 saturated carbocycles. The van der Waals surface area contributed by atoms with E-state index in [2.05, 4.69) is 4.90 Å². The fourth-order valence-electron chi connectivity index (χ4n) is 3.28. The van der Waals surface area contributed by atoms with Gasteiger partial charge in [0, 0.05) is 44.9 Å². The van der Waals surface area contributed by atoms with Gasteiger partial charge in [-0.25, -0.2) is 4.79 Å². The fraction of sp³-hybridized carbons (Fsp3) is 0.435. The first-order valence-corrected chi connectivity index (χ1v) is 10.2. The summed E-state index contributed by atoms with van der Waals surface area (Å²) in [6, 6.07) is 17.6. The molecule has 1 atom stereocenters. The number of carbonyl (C=O) groups is 1. The number of amides is 1. The number of carboxylic acid groups (broad SMARTS) is 1. The zero-order valence-electron chi connectivity index (χ0n) is 17.4. The third-order valence-corrected chi connectivity index (χ3v) is 5.20. The lowest BCUT2D eigenvalue weighted by Gasteiger charge is -2.34. The van der Waals surface area contributed by atoms with Crippen molar-refractivity contribution < 1.29 is 24.5 Å². The molecule has 1 heterocycles. The van der Waals surface area contributed by atoms with E-state index < -0.39 is 11.7 Å². The van der Waals surface area contributed by atoms with E-state index in [-0.39, 0.29) is 6.61 Å². The van der Waals surface area contributed by atoms with E-state index in [9.17, 15) is 9.90 Å². The van der Waals surface area contributed by atoms with Gasteiger partial charge < -0.3 is 29.5 Å². The predicted molar refractivity (Wildman–Crippen MR) is 115 cm³/mol. The minimum atomic E-state index is -0.984. The highest BCUT2D eigenvalue weighted by molar-refractivity contribution is 5.65. The molecule has 1 aliphatic heterocycles. The first-order valence-electron chi connectivity index (χ1n) is 10.2. The molecule has 30 heavy (non-hydrogen) atoms. The average Bonchev–Trinajstić information content (AvgIpc) is 2.77. The summed E-state index contributed by atoms with van der Waals surface area (Å²) in [5.41, 5.74) is 1.16. The van der Waals surface area contributed by atoms with Crippen LogP contribution in [0.4, 0.5) is 10.5 Å². The summed E-state index contributed by atoms with van der Waals surface area (Å²) in [5.74, 6) is 0.688. The van der Waals surface area contributed by atoms with E-state index in [1.165, 1.54) is 4.90 Å². The highest BCUT2D eigenvalue weighted by atomic mass is 16.5. The van der Waals surface area contributed by atoms with Gasteiger partial charge in [0.2, 0.25) is 0 Å². The molecule has 2 aromatic rings. The number of hydrogen-bond acceptors (Lipinski definition) is 5. The third-order valence-electron chi connectivity index (χ3n) is 5.20. The van der Waals surface area contributed by atoms with Crippen LogP contribution >= 0.6 is 0 Å². The van der Waals surface area contributed by atoms with Crippen molar-refractivity contribution >= 4 is 11.8 Å². The monoisotopic (exact) mass is 414 g/mol. The lowest BCUT2D eigenvalue weighted by Crippen LogP contribution is -2.48. The van der Waals surface area contributed by atoms with Crippen LogP contribution in [0.1, 0.15) is 18.9 Å². The van der Waals surface area contributed by atoms with Gasteiger partial charge in [-0.3, -0.25) is 0 Å². The van der Waals surface area contributed by atoms with Crippen LogP contribution < -0.4 is 9.64 Å². The Morgan fingerprint density at radius 3 is 2.33 bits per heavy atom. The molecule has 2 aromatic carbocycles. The summed E-state index contributed by atoms with van der Waals surface area (Å²) < 4.78 is 11.4. The number of hydrogen-bond donors (Lipinski definition) is 2. The van der Waals surface area contributed by atoms with Crippen LogP contribution in [-0.2, 0) is 11.3 Å². The van der Waals surface area contributed by atoms with Crippen LogP contribution in [0.15, 0.2) is 54.6 Å². The van der Waals surface area contributed by atoms with Gasteiger partial charge in [-0.05, 0) is 36.8 Å². The minimum absolute atomic E-state index is 0.179. The van der Waals surface area contributed by atoms with Crippen molar-refractivity contribution in [1.29, 1.82) is 0 Å². The fourth-order valence-corrected chi connectivity index (χ4v) is 3.28. The van der Waals surface area contributed by atoms with Crippen LogP contribution in [0, 0.1) is 0 Å². The van der Waals surface area contributed by atoms with Crippen molar-refractivity contribution in [2.45, 2.75) is 25.6 Å². The second-order valence-corrected chi connectivity index (χ2v) is 7.82. The summed E-state index contributed by atoms with van der Waals surface area (Å²) in [4.78, 5) is 14.6. The molecule has 162 valence electrons. The predicted octanol–water partition coefficient (Wildman–Crippen LogP) is 3.22. The number of rotatable bonds is 9. The Hall–Kier alpha value is -2.77. The van der Waals surface area contributed by atoms with Gasteiger partial charge in [0.05, 0.1) is 12.2 Å². The first kappa shape index (κ1) is 21.9. The largest absolute Gasteiger partial charge is 0.491 e. The number of benzene rings is 2. The molecule has 1 aliphatic rings. The van der Waals surface area contributed by atoms with Crippen LogP contribution in [0.2, 0.25) is 0 Å². The SMILES string of the molecule is CC(O)(CCOCc1ccccc1)COc1ccc(N2CCN(C(=O)O)CC2)cc1. The third kappa shape index (κ3) is 6.64. The number of aliphatic hydroxyl groups is 1. The molecule has 1 fully saturated rings. The Morgan fingerprint density at radius 2 is 1.70 bits per heavy atom. The molecule has 2 N–H and O–H groups in total. The van der Waals surface area contributed by atoms with Crippen molar-refractivity contribution in [1.82, 2.24) is 4.90 Å². The zero-order valence-corrected chi connectivity index (χ0v) is 17.4. The molecule has 7 nitrogen and oxygen atoms in total. The molecule has 0 spiro atoms. The molecule has 1 unspecified atom stereocenters. The Bertz CT molecular complexity index is 787. The molecule has 0 bridgehead atoms. The molecule has 3 rings (SSSR count). The quantitative estimate of drug-likeness (QED) is 0.613. The first-order chi connectivity index (χ1) is 14.4. The lowest BCUT2D eigenvalue weighted by molar-refractivity contribution is -0.0215. The number of nitrogens with zero attached hydrogens (tertiary/aromatic N) is 2. The van der Waals surface area contributed by atoms with Gasteiger partial charge in [0.25, 0.3) is 0 Å². The van der Waals surface area contributed by atoms with E-state index in [1.54, 1.807) is 6.92 Å². The highest BCUT2D eigenvalue weighted by Gasteiger charge is 2.22. The molecular weight excluding hydrogens is 384 g/mol. The maximum absolute atomic E-state index is 11.0. The number of anilines is 1.